The monoisotopic (exact) mass is 435 g/mol. The van der Waals surface area contributed by atoms with Crippen molar-refractivity contribution in [1.29, 1.82) is 0 Å². The van der Waals surface area contributed by atoms with Crippen molar-refractivity contribution in [3.63, 3.8) is 0 Å². The van der Waals surface area contributed by atoms with Gasteiger partial charge in [0, 0.05) is 36.8 Å². The summed E-state index contributed by atoms with van der Waals surface area (Å²) in [6.07, 6.45) is 3.06. The molecule has 8 nitrogen and oxygen atoms in total. The number of hydrogen-bond donors (Lipinski definition) is 0. The Morgan fingerprint density at radius 2 is 1.91 bits per heavy atom. The Bertz CT molecular complexity index is 1140. The van der Waals surface area contributed by atoms with Crippen molar-refractivity contribution in [3.05, 3.63) is 75.5 Å². The van der Waals surface area contributed by atoms with Gasteiger partial charge in [0.05, 0.1) is 33.1 Å². The van der Waals surface area contributed by atoms with Crippen LogP contribution < -0.4 is 10.3 Å². The molecule has 3 aromatic rings. The summed E-state index contributed by atoms with van der Waals surface area (Å²) in [7, 11) is 3.82. The minimum absolute atomic E-state index is 0.0879. The number of methoxy groups -OCH3 is 1. The number of benzene rings is 1. The third kappa shape index (κ3) is 4.33. The molecular weight excluding hydrogens is 406 g/mol. The van der Waals surface area contributed by atoms with Crippen LogP contribution in [-0.2, 0) is 31.0 Å². The first-order valence-electron chi connectivity index (χ1n) is 11.1. The summed E-state index contributed by atoms with van der Waals surface area (Å²) in [6, 6.07) is 11.9. The molecule has 8 heteroatoms. The molecule has 1 fully saturated rings. The molecule has 1 saturated heterocycles. The van der Waals surface area contributed by atoms with E-state index in [1.54, 1.807) is 11.8 Å². The van der Waals surface area contributed by atoms with Crippen LogP contribution in [0.1, 0.15) is 34.9 Å². The Morgan fingerprint density at radius 3 is 2.72 bits per heavy atom. The molecule has 2 atom stereocenters. The maximum Gasteiger partial charge on any atom is 0.256 e. The van der Waals surface area contributed by atoms with Crippen LogP contribution in [0.2, 0.25) is 0 Å². The third-order valence-electron chi connectivity index (χ3n) is 6.46. The van der Waals surface area contributed by atoms with Crippen molar-refractivity contribution in [1.82, 2.24) is 24.5 Å². The van der Waals surface area contributed by atoms with Gasteiger partial charge in [-0.05, 0) is 49.2 Å². The predicted molar refractivity (Wildman–Crippen MR) is 120 cm³/mol. The molecule has 0 amide bonds. The van der Waals surface area contributed by atoms with E-state index in [0.29, 0.717) is 30.6 Å². The molecule has 0 spiro atoms. The molecule has 2 aliphatic rings. The van der Waals surface area contributed by atoms with Crippen LogP contribution in [0.4, 0.5) is 0 Å². The maximum absolute atomic E-state index is 13.0. The Balaban J connectivity index is 1.19. The largest absolute Gasteiger partial charge is 0.497 e. The highest BCUT2D eigenvalue weighted by Gasteiger charge is 2.33. The number of hydrogen-bond acceptors (Lipinski definition) is 6. The number of piperidine rings is 1. The minimum Gasteiger partial charge on any atom is -0.497 e. The molecular formula is C24H29N5O3. The van der Waals surface area contributed by atoms with Crippen LogP contribution in [0.25, 0.3) is 0 Å². The second kappa shape index (κ2) is 8.88. The van der Waals surface area contributed by atoms with Gasteiger partial charge >= 0.3 is 0 Å². The van der Waals surface area contributed by atoms with Crippen LogP contribution in [0, 0.1) is 5.92 Å². The zero-order valence-electron chi connectivity index (χ0n) is 18.6. The van der Waals surface area contributed by atoms with Gasteiger partial charge in [0.2, 0.25) is 0 Å². The normalized spacial score (nSPS) is 20.2. The molecule has 0 saturated carbocycles. The number of fused-ring (bicyclic) bond motifs is 4. The number of likely N-dealkylation sites (tertiary alicyclic amines) is 1. The quantitative estimate of drug-likeness (QED) is 0.567. The summed E-state index contributed by atoms with van der Waals surface area (Å²) in [5.41, 5.74) is 3.82. The number of aromatic nitrogens is 4. The molecule has 0 aliphatic carbocycles. The van der Waals surface area contributed by atoms with Crippen molar-refractivity contribution in [2.24, 2.45) is 5.92 Å². The number of pyridine rings is 1. The average molecular weight is 436 g/mol. The molecule has 1 aromatic carbocycles. The van der Waals surface area contributed by atoms with E-state index >= 15 is 0 Å². The van der Waals surface area contributed by atoms with Crippen LogP contribution in [0.15, 0.2) is 47.4 Å². The van der Waals surface area contributed by atoms with Crippen LogP contribution in [0.5, 0.6) is 5.75 Å². The van der Waals surface area contributed by atoms with Crippen LogP contribution >= 0.6 is 0 Å². The van der Waals surface area contributed by atoms with Gasteiger partial charge < -0.3 is 18.9 Å². The molecule has 2 aliphatic heterocycles. The van der Waals surface area contributed by atoms with E-state index in [4.69, 9.17) is 9.47 Å². The topological polar surface area (TPSA) is 74.4 Å². The van der Waals surface area contributed by atoms with E-state index in [2.05, 4.69) is 28.3 Å². The smallest absolute Gasteiger partial charge is 0.256 e. The highest BCUT2D eigenvalue weighted by molar-refractivity contribution is 5.27. The lowest BCUT2D eigenvalue weighted by Crippen LogP contribution is -2.46. The lowest BCUT2D eigenvalue weighted by atomic mass is 9.83. The summed E-state index contributed by atoms with van der Waals surface area (Å²) in [6.45, 7) is 4.12. The molecule has 0 N–H and O–H groups in total. The summed E-state index contributed by atoms with van der Waals surface area (Å²) < 4.78 is 14.8. The van der Waals surface area contributed by atoms with Gasteiger partial charge in [-0.1, -0.05) is 17.3 Å². The van der Waals surface area contributed by atoms with Gasteiger partial charge in [-0.3, -0.25) is 4.79 Å². The van der Waals surface area contributed by atoms with E-state index < -0.39 is 0 Å². The van der Waals surface area contributed by atoms with Gasteiger partial charge in [-0.2, -0.15) is 0 Å². The molecule has 4 heterocycles. The molecule has 0 unspecified atom stereocenters. The number of ether oxygens (including phenoxy) is 2. The Hall–Kier alpha value is -2.97. The first-order valence-corrected chi connectivity index (χ1v) is 11.1. The Morgan fingerprint density at radius 1 is 1.06 bits per heavy atom. The highest BCUT2D eigenvalue weighted by Crippen LogP contribution is 2.34. The van der Waals surface area contributed by atoms with Crippen molar-refractivity contribution in [3.8, 4) is 5.75 Å². The second-order valence-electron chi connectivity index (χ2n) is 8.97. The zero-order valence-corrected chi connectivity index (χ0v) is 18.6. The SMILES string of the molecule is COc1ccc(Cn2cc(COCc3ccc4n(c3=O)C[C@H]3C[C@@H]4CN(C)C3)nn2)cc1. The molecule has 2 aromatic heterocycles. The predicted octanol–water partition coefficient (Wildman–Crippen LogP) is 2.26. The average Bonchev–Trinajstić information content (AvgIpc) is 3.23. The lowest BCUT2D eigenvalue weighted by Gasteiger charge is -2.41. The van der Waals surface area contributed by atoms with Gasteiger partial charge in [0.15, 0.2) is 0 Å². The fraction of sp³-hybridized carbons (Fsp3) is 0.458. The number of rotatable bonds is 7. The first kappa shape index (κ1) is 20.9. The van der Waals surface area contributed by atoms with Crippen molar-refractivity contribution in [2.75, 3.05) is 27.2 Å². The van der Waals surface area contributed by atoms with E-state index in [1.807, 2.05) is 41.1 Å². The van der Waals surface area contributed by atoms with Gasteiger partial charge in [0.25, 0.3) is 5.56 Å². The third-order valence-corrected chi connectivity index (χ3v) is 6.46. The maximum atomic E-state index is 13.0. The highest BCUT2D eigenvalue weighted by atomic mass is 16.5. The summed E-state index contributed by atoms with van der Waals surface area (Å²) in [4.78, 5) is 15.4. The first-order chi connectivity index (χ1) is 15.6. The second-order valence-corrected chi connectivity index (χ2v) is 8.97. The molecule has 32 heavy (non-hydrogen) atoms. The van der Waals surface area contributed by atoms with Crippen molar-refractivity contribution >= 4 is 0 Å². The fourth-order valence-electron chi connectivity index (χ4n) is 5.01. The van der Waals surface area contributed by atoms with Gasteiger partial charge in [0.1, 0.15) is 11.4 Å². The Labute approximate surface area is 187 Å². The summed E-state index contributed by atoms with van der Waals surface area (Å²) >= 11 is 0. The van der Waals surface area contributed by atoms with E-state index in [-0.39, 0.29) is 12.2 Å². The van der Waals surface area contributed by atoms with Crippen LogP contribution in [0.3, 0.4) is 0 Å². The van der Waals surface area contributed by atoms with Crippen molar-refractivity contribution in [2.45, 2.75) is 38.6 Å². The van der Waals surface area contributed by atoms with E-state index in [1.165, 1.54) is 12.1 Å². The van der Waals surface area contributed by atoms with Gasteiger partial charge in [-0.25, -0.2) is 4.68 Å². The lowest BCUT2D eigenvalue weighted by molar-refractivity contribution is 0.102. The number of nitrogens with zero attached hydrogens (tertiary/aromatic N) is 5. The summed E-state index contributed by atoms with van der Waals surface area (Å²) in [5, 5.41) is 8.37. The standard InChI is InChI=1S/C24H29N5O3/c1-27-10-18-9-20(13-27)23-8-5-19(24(30)29(23)12-18)15-32-16-21-14-28(26-25-21)11-17-3-6-22(31-2)7-4-17/h3-8,14,18,20H,9-13,15-16H2,1-2H3/t18-,20+/m0/s1. The fourth-order valence-corrected chi connectivity index (χ4v) is 5.01. The number of likely N-dealkylation sites (N-methyl/N-ethyl adjacent to an activating group) is 1. The van der Waals surface area contributed by atoms with Crippen LogP contribution in [-0.4, -0.2) is 51.7 Å². The minimum atomic E-state index is 0.0879. The van der Waals surface area contributed by atoms with E-state index in [0.717, 1.165) is 36.6 Å². The summed E-state index contributed by atoms with van der Waals surface area (Å²) in [5.74, 6) is 1.84. The molecule has 2 bridgehead atoms. The molecule has 168 valence electrons. The molecule has 0 radical (unpaired) electrons. The Kier molecular flexibility index (Phi) is 5.80. The van der Waals surface area contributed by atoms with Crippen molar-refractivity contribution < 1.29 is 9.47 Å². The van der Waals surface area contributed by atoms with Gasteiger partial charge in [-0.15, -0.1) is 5.10 Å². The molecule has 5 rings (SSSR count). The zero-order chi connectivity index (χ0) is 22.1. The van der Waals surface area contributed by atoms with E-state index in [9.17, 15) is 4.79 Å².